The van der Waals surface area contributed by atoms with E-state index >= 15 is 0 Å². The molecule has 0 spiro atoms. The van der Waals surface area contributed by atoms with Crippen molar-refractivity contribution < 1.29 is 4.74 Å². The van der Waals surface area contributed by atoms with Gasteiger partial charge in [-0.05, 0) is 33.3 Å². The summed E-state index contributed by atoms with van der Waals surface area (Å²) in [6, 6.07) is 2.18. The molecule has 2 heterocycles. The van der Waals surface area contributed by atoms with Crippen LogP contribution >= 0.6 is 11.3 Å². The molecule has 0 atom stereocenters. The molecule has 0 aliphatic rings. The first-order valence-corrected chi connectivity index (χ1v) is 7.39. The van der Waals surface area contributed by atoms with Crippen LogP contribution in [-0.2, 0) is 17.9 Å². The molecular formula is C15H19N3OS. The van der Waals surface area contributed by atoms with Gasteiger partial charge in [0.2, 0.25) is 0 Å². The second-order valence-electron chi connectivity index (χ2n) is 5.77. The highest BCUT2D eigenvalue weighted by molar-refractivity contribution is 7.09. The molecular weight excluding hydrogens is 270 g/mol. The summed E-state index contributed by atoms with van der Waals surface area (Å²) >= 11 is 1.61. The Morgan fingerprint density at radius 2 is 2.15 bits per heavy atom. The van der Waals surface area contributed by atoms with Crippen molar-refractivity contribution in [1.29, 1.82) is 5.26 Å². The zero-order chi connectivity index (χ0) is 14.8. The van der Waals surface area contributed by atoms with Crippen molar-refractivity contribution in [2.45, 2.75) is 46.4 Å². The molecule has 4 nitrogen and oxygen atoms in total. The van der Waals surface area contributed by atoms with Crippen molar-refractivity contribution in [2.24, 2.45) is 0 Å². The average Bonchev–Trinajstić information content (AvgIpc) is 2.93. The Morgan fingerprint density at radius 3 is 2.75 bits per heavy atom. The molecule has 2 aromatic rings. The maximum Gasteiger partial charge on any atom is 0.119 e. The Bertz CT molecular complexity index is 628. The van der Waals surface area contributed by atoms with Gasteiger partial charge in [0, 0.05) is 17.8 Å². The predicted molar refractivity (Wildman–Crippen MR) is 79.6 cm³/mol. The lowest BCUT2D eigenvalue weighted by Crippen LogP contribution is -2.18. The molecule has 106 valence electrons. The summed E-state index contributed by atoms with van der Waals surface area (Å²) in [5, 5.41) is 12.0. The van der Waals surface area contributed by atoms with Crippen molar-refractivity contribution in [2.75, 3.05) is 0 Å². The van der Waals surface area contributed by atoms with E-state index in [9.17, 15) is 0 Å². The first kappa shape index (κ1) is 14.8. The van der Waals surface area contributed by atoms with Gasteiger partial charge in [-0.25, -0.2) is 4.98 Å². The molecule has 5 heteroatoms. The van der Waals surface area contributed by atoms with Crippen LogP contribution in [0.2, 0.25) is 0 Å². The van der Waals surface area contributed by atoms with E-state index in [1.807, 2.05) is 50.0 Å². The molecule has 2 aromatic heterocycles. The van der Waals surface area contributed by atoms with Crippen molar-refractivity contribution in [1.82, 2.24) is 9.55 Å². The first-order chi connectivity index (χ1) is 9.37. The molecule has 0 fully saturated rings. The van der Waals surface area contributed by atoms with E-state index in [4.69, 9.17) is 10.00 Å². The fraction of sp³-hybridized carbons (Fsp3) is 0.467. The molecule has 0 radical (unpaired) electrons. The Balaban J connectivity index is 2.00. The minimum Gasteiger partial charge on any atom is -0.369 e. The van der Waals surface area contributed by atoms with E-state index in [-0.39, 0.29) is 5.60 Å². The van der Waals surface area contributed by atoms with E-state index in [0.717, 1.165) is 21.8 Å². The van der Waals surface area contributed by atoms with Crippen molar-refractivity contribution >= 4 is 11.3 Å². The van der Waals surface area contributed by atoms with Crippen LogP contribution in [0.15, 0.2) is 17.8 Å². The average molecular weight is 289 g/mol. The summed E-state index contributed by atoms with van der Waals surface area (Å²) in [6.45, 7) is 9.28. The number of aryl methyl sites for hydroxylation is 1. The Labute approximate surface area is 123 Å². The normalized spacial score (nSPS) is 11.6. The minimum absolute atomic E-state index is 0.148. The van der Waals surface area contributed by atoms with Crippen LogP contribution in [0.25, 0.3) is 0 Å². The predicted octanol–water partition coefficient (Wildman–Crippen LogP) is 3.49. The lowest BCUT2D eigenvalue weighted by atomic mass is 10.2. The third-order valence-electron chi connectivity index (χ3n) is 2.77. The van der Waals surface area contributed by atoms with Gasteiger partial charge in [-0.3, -0.25) is 0 Å². The zero-order valence-corrected chi connectivity index (χ0v) is 13.1. The lowest BCUT2D eigenvalue weighted by molar-refractivity contribution is -0.0150. The summed E-state index contributed by atoms with van der Waals surface area (Å²) in [6.07, 6.45) is 3.84. The molecule has 0 aromatic carbocycles. The highest BCUT2D eigenvalue weighted by Gasteiger charge is 2.12. The van der Waals surface area contributed by atoms with Crippen LogP contribution < -0.4 is 0 Å². The highest BCUT2D eigenvalue weighted by atomic mass is 32.1. The number of hydrogen-bond donors (Lipinski definition) is 0. The van der Waals surface area contributed by atoms with Gasteiger partial charge in [-0.1, -0.05) is 0 Å². The Hall–Kier alpha value is -1.64. The maximum atomic E-state index is 8.95. The van der Waals surface area contributed by atoms with Crippen LogP contribution in [0.5, 0.6) is 0 Å². The lowest BCUT2D eigenvalue weighted by Gasteiger charge is -2.18. The summed E-state index contributed by atoms with van der Waals surface area (Å²) in [5.41, 5.74) is 2.57. The SMILES string of the molecule is Cc1cn(Cc2csc(COC(C)(C)C)n2)cc1C#N. The molecule has 0 aliphatic carbocycles. The van der Waals surface area contributed by atoms with Gasteiger partial charge in [-0.2, -0.15) is 5.26 Å². The van der Waals surface area contributed by atoms with Crippen LogP contribution in [0, 0.1) is 18.3 Å². The second kappa shape index (κ2) is 5.78. The zero-order valence-electron chi connectivity index (χ0n) is 12.3. The highest BCUT2D eigenvalue weighted by Crippen LogP contribution is 2.17. The third-order valence-corrected chi connectivity index (χ3v) is 3.64. The molecule has 0 N–H and O–H groups in total. The number of ether oxygens (including phenoxy) is 1. The van der Waals surface area contributed by atoms with E-state index in [1.54, 1.807) is 11.3 Å². The molecule has 20 heavy (non-hydrogen) atoms. The number of nitrogens with zero attached hydrogens (tertiary/aromatic N) is 3. The smallest absolute Gasteiger partial charge is 0.119 e. The molecule has 0 amide bonds. The van der Waals surface area contributed by atoms with E-state index < -0.39 is 0 Å². The summed E-state index contributed by atoms with van der Waals surface area (Å²) in [5.74, 6) is 0. The molecule has 2 rings (SSSR count). The van der Waals surface area contributed by atoms with Crippen LogP contribution in [0.4, 0.5) is 0 Å². The minimum atomic E-state index is -0.148. The first-order valence-electron chi connectivity index (χ1n) is 6.51. The van der Waals surface area contributed by atoms with E-state index in [0.29, 0.717) is 13.2 Å². The molecule has 0 unspecified atom stereocenters. The van der Waals surface area contributed by atoms with E-state index in [1.165, 1.54) is 0 Å². The Kier molecular flexibility index (Phi) is 4.26. The van der Waals surface area contributed by atoms with Crippen LogP contribution in [-0.4, -0.2) is 15.2 Å². The summed E-state index contributed by atoms with van der Waals surface area (Å²) < 4.78 is 7.71. The maximum absolute atomic E-state index is 8.95. The summed E-state index contributed by atoms with van der Waals surface area (Å²) in [4.78, 5) is 4.56. The molecule has 0 saturated carbocycles. The van der Waals surface area contributed by atoms with Crippen molar-refractivity contribution in [3.8, 4) is 6.07 Å². The molecule has 0 aliphatic heterocycles. The monoisotopic (exact) mass is 289 g/mol. The third kappa shape index (κ3) is 3.92. The fourth-order valence-corrected chi connectivity index (χ4v) is 2.48. The number of nitriles is 1. The number of thiazole rings is 1. The van der Waals surface area contributed by atoms with Crippen molar-refractivity contribution in [3.05, 3.63) is 39.6 Å². The van der Waals surface area contributed by atoms with Crippen LogP contribution in [0.3, 0.4) is 0 Å². The quantitative estimate of drug-likeness (QED) is 0.865. The standard InChI is InChI=1S/C15H19N3OS/c1-11-6-18(7-12(11)5-16)8-13-10-20-14(17-13)9-19-15(2,3)4/h6-7,10H,8-9H2,1-4H3. The Morgan fingerprint density at radius 1 is 1.40 bits per heavy atom. The van der Waals surface area contributed by atoms with E-state index in [2.05, 4.69) is 11.1 Å². The van der Waals surface area contributed by atoms with Gasteiger partial charge in [0.25, 0.3) is 0 Å². The van der Waals surface area contributed by atoms with Gasteiger partial charge in [0.15, 0.2) is 0 Å². The number of aromatic nitrogens is 2. The fourth-order valence-electron chi connectivity index (χ4n) is 1.78. The van der Waals surface area contributed by atoms with Crippen LogP contribution in [0.1, 0.15) is 42.6 Å². The van der Waals surface area contributed by atoms with Gasteiger partial charge < -0.3 is 9.30 Å². The number of hydrogen-bond acceptors (Lipinski definition) is 4. The number of rotatable bonds is 4. The summed E-state index contributed by atoms with van der Waals surface area (Å²) in [7, 11) is 0. The molecule has 0 bridgehead atoms. The second-order valence-corrected chi connectivity index (χ2v) is 6.72. The van der Waals surface area contributed by atoms with Gasteiger partial charge in [0.1, 0.15) is 11.1 Å². The van der Waals surface area contributed by atoms with Crippen molar-refractivity contribution in [3.63, 3.8) is 0 Å². The topological polar surface area (TPSA) is 50.8 Å². The largest absolute Gasteiger partial charge is 0.369 e. The molecule has 0 saturated heterocycles. The van der Waals surface area contributed by atoms with Gasteiger partial charge in [-0.15, -0.1) is 11.3 Å². The van der Waals surface area contributed by atoms with Gasteiger partial charge in [0.05, 0.1) is 30.0 Å². The van der Waals surface area contributed by atoms with Gasteiger partial charge >= 0.3 is 0 Å².